The summed E-state index contributed by atoms with van der Waals surface area (Å²) in [6.45, 7) is 1.71. The minimum absolute atomic E-state index is 0.119. The summed E-state index contributed by atoms with van der Waals surface area (Å²) in [7, 11) is 1.58. The van der Waals surface area contributed by atoms with Gasteiger partial charge < -0.3 is 15.2 Å². The lowest BCUT2D eigenvalue weighted by Crippen LogP contribution is -2.43. The van der Waals surface area contributed by atoms with Crippen molar-refractivity contribution in [3.63, 3.8) is 0 Å². The van der Waals surface area contributed by atoms with Crippen molar-refractivity contribution in [1.29, 1.82) is 0 Å². The molecule has 0 aliphatic heterocycles. The Labute approximate surface area is 132 Å². The number of aliphatic carboxylic acids is 1. The molecule has 2 aromatic rings. The van der Waals surface area contributed by atoms with E-state index in [1.54, 1.807) is 38.3 Å². The molecule has 3 rings (SSSR count). The molecule has 0 saturated heterocycles. The molecule has 120 valence electrons. The number of carboxylic acids is 1. The van der Waals surface area contributed by atoms with E-state index in [1.807, 2.05) is 0 Å². The van der Waals surface area contributed by atoms with Gasteiger partial charge in [-0.1, -0.05) is 5.21 Å². The maximum atomic E-state index is 12.3. The monoisotopic (exact) mass is 316 g/mol. The quantitative estimate of drug-likeness (QED) is 0.850. The van der Waals surface area contributed by atoms with Gasteiger partial charge in [-0.15, -0.1) is 5.10 Å². The van der Waals surface area contributed by atoms with Gasteiger partial charge >= 0.3 is 5.97 Å². The molecular formula is C15H16N4O4. The van der Waals surface area contributed by atoms with Crippen molar-refractivity contribution in [2.24, 2.45) is 0 Å². The maximum absolute atomic E-state index is 12.3. The van der Waals surface area contributed by atoms with Crippen LogP contribution in [0.4, 0.5) is 0 Å². The fourth-order valence-electron chi connectivity index (χ4n) is 2.30. The number of carbonyl (C=O) groups is 2. The van der Waals surface area contributed by atoms with Crippen LogP contribution in [0.15, 0.2) is 24.3 Å². The first-order valence-electron chi connectivity index (χ1n) is 7.09. The molecule has 0 unspecified atom stereocenters. The number of carboxylic acid groups (broad SMARTS) is 1. The number of nitrogens with zero attached hydrogens (tertiary/aromatic N) is 3. The van der Waals surface area contributed by atoms with Crippen molar-refractivity contribution in [3.05, 3.63) is 35.7 Å². The van der Waals surface area contributed by atoms with E-state index in [-0.39, 0.29) is 5.69 Å². The van der Waals surface area contributed by atoms with E-state index in [1.165, 1.54) is 4.68 Å². The molecule has 0 radical (unpaired) electrons. The summed E-state index contributed by atoms with van der Waals surface area (Å²) in [5, 5.41) is 19.5. The largest absolute Gasteiger partial charge is 0.497 e. The van der Waals surface area contributed by atoms with Crippen LogP contribution < -0.4 is 10.1 Å². The van der Waals surface area contributed by atoms with Crippen molar-refractivity contribution in [2.75, 3.05) is 7.11 Å². The third kappa shape index (κ3) is 2.63. The number of methoxy groups -OCH3 is 1. The maximum Gasteiger partial charge on any atom is 0.329 e. The highest BCUT2D eigenvalue weighted by Crippen LogP contribution is 2.35. The fourth-order valence-corrected chi connectivity index (χ4v) is 2.30. The van der Waals surface area contributed by atoms with Gasteiger partial charge in [-0.05, 0) is 44.0 Å². The number of hydrogen-bond acceptors (Lipinski definition) is 5. The van der Waals surface area contributed by atoms with Crippen LogP contribution in [0.1, 0.15) is 29.0 Å². The van der Waals surface area contributed by atoms with E-state index < -0.39 is 17.4 Å². The average Bonchev–Trinajstić information content (AvgIpc) is 3.22. The van der Waals surface area contributed by atoms with E-state index in [2.05, 4.69) is 15.6 Å². The van der Waals surface area contributed by atoms with Crippen LogP contribution >= 0.6 is 0 Å². The van der Waals surface area contributed by atoms with Gasteiger partial charge in [-0.25, -0.2) is 9.48 Å². The second-order valence-corrected chi connectivity index (χ2v) is 5.47. The summed E-state index contributed by atoms with van der Waals surface area (Å²) in [5.74, 6) is -0.838. The first kappa shape index (κ1) is 15.0. The Kier molecular flexibility index (Phi) is 3.51. The number of benzene rings is 1. The fraction of sp³-hybridized carbons (Fsp3) is 0.333. The van der Waals surface area contributed by atoms with Gasteiger partial charge in [0.25, 0.3) is 5.91 Å². The van der Waals surface area contributed by atoms with Crippen molar-refractivity contribution < 1.29 is 19.4 Å². The Morgan fingerprint density at radius 1 is 1.30 bits per heavy atom. The molecule has 1 aliphatic rings. The zero-order valence-corrected chi connectivity index (χ0v) is 12.7. The van der Waals surface area contributed by atoms with Crippen LogP contribution in [0.25, 0.3) is 5.69 Å². The Morgan fingerprint density at radius 3 is 2.48 bits per heavy atom. The molecule has 2 N–H and O–H groups in total. The van der Waals surface area contributed by atoms with Gasteiger partial charge in [0.1, 0.15) is 11.3 Å². The normalized spacial score (nSPS) is 15.0. The second-order valence-electron chi connectivity index (χ2n) is 5.47. The van der Waals surface area contributed by atoms with Crippen molar-refractivity contribution >= 4 is 11.9 Å². The molecule has 1 aliphatic carbocycles. The van der Waals surface area contributed by atoms with Crippen LogP contribution in [-0.2, 0) is 4.79 Å². The van der Waals surface area contributed by atoms with Crippen LogP contribution in [0.3, 0.4) is 0 Å². The van der Waals surface area contributed by atoms with Gasteiger partial charge in [0, 0.05) is 0 Å². The molecule has 23 heavy (non-hydrogen) atoms. The molecule has 8 nitrogen and oxygen atoms in total. The third-order valence-corrected chi connectivity index (χ3v) is 3.94. The van der Waals surface area contributed by atoms with Crippen LogP contribution in [0.2, 0.25) is 0 Å². The lowest BCUT2D eigenvalue weighted by molar-refractivity contribution is -0.140. The summed E-state index contributed by atoms with van der Waals surface area (Å²) in [5.41, 5.74) is 0.240. The van der Waals surface area contributed by atoms with Crippen molar-refractivity contribution in [1.82, 2.24) is 20.3 Å². The number of aromatic nitrogens is 3. The molecule has 0 spiro atoms. The number of carbonyl (C=O) groups excluding carboxylic acids is 1. The number of rotatable bonds is 5. The minimum atomic E-state index is -1.15. The third-order valence-electron chi connectivity index (χ3n) is 3.94. The van der Waals surface area contributed by atoms with Gasteiger partial charge in [0.05, 0.1) is 18.5 Å². The van der Waals surface area contributed by atoms with Crippen molar-refractivity contribution in [2.45, 2.75) is 25.3 Å². The van der Waals surface area contributed by atoms with Crippen LogP contribution in [0.5, 0.6) is 5.75 Å². The molecule has 8 heteroatoms. The second kappa shape index (κ2) is 5.38. The van der Waals surface area contributed by atoms with Gasteiger partial charge in [-0.2, -0.15) is 0 Å². The summed E-state index contributed by atoms with van der Waals surface area (Å²) < 4.78 is 6.62. The van der Waals surface area contributed by atoms with Gasteiger partial charge in [0.15, 0.2) is 5.69 Å². The van der Waals surface area contributed by atoms with Gasteiger partial charge in [0.2, 0.25) is 0 Å². The number of nitrogens with one attached hydrogen (secondary N) is 1. The smallest absolute Gasteiger partial charge is 0.329 e. The zero-order chi connectivity index (χ0) is 16.6. The number of ether oxygens (including phenoxy) is 1. The van der Waals surface area contributed by atoms with Crippen molar-refractivity contribution in [3.8, 4) is 11.4 Å². The lowest BCUT2D eigenvalue weighted by Gasteiger charge is -2.11. The SMILES string of the molecule is COc1ccc(-n2nnc(C(=O)NC3(C(=O)O)CC3)c2C)cc1. The number of hydrogen-bond donors (Lipinski definition) is 2. The Balaban J connectivity index is 1.84. The molecule has 1 heterocycles. The lowest BCUT2D eigenvalue weighted by atomic mass is 10.2. The van der Waals surface area contributed by atoms with E-state index in [4.69, 9.17) is 9.84 Å². The minimum Gasteiger partial charge on any atom is -0.497 e. The average molecular weight is 316 g/mol. The first-order chi connectivity index (χ1) is 11.0. The summed E-state index contributed by atoms with van der Waals surface area (Å²) >= 11 is 0. The molecule has 1 amide bonds. The molecule has 0 atom stereocenters. The highest BCUT2D eigenvalue weighted by Gasteiger charge is 2.52. The van der Waals surface area contributed by atoms with Gasteiger partial charge in [-0.3, -0.25) is 4.79 Å². The predicted octanol–water partition coefficient (Wildman–Crippen LogP) is 0.931. The first-order valence-corrected chi connectivity index (χ1v) is 7.09. The van der Waals surface area contributed by atoms with E-state index in [9.17, 15) is 9.59 Å². The molecule has 0 bridgehead atoms. The van der Waals surface area contributed by atoms with E-state index in [0.29, 0.717) is 24.3 Å². The predicted molar refractivity (Wildman–Crippen MR) is 79.7 cm³/mol. The van der Waals surface area contributed by atoms with Crippen LogP contribution in [-0.4, -0.2) is 44.6 Å². The molecule has 1 aromatic heterocycles. The Bertz CT molecular complexity index is 762. The highest BCUT2D eigenvalue weighted by molar-refractivity contribution is 5.98. The van der Waals surface area contributed by atoms with E-state index >= 15 is 0 Å². The molecule has 1 saturated carbocycles. The standard InChI is InChI=1S/C15H16N4O4/c1-9-12(13(20)16-15(7-8-15)14(21)22)17-18-19(9)10-3-5-11(23-2)6-4-10/h3-6H,7-8H2,1-2H3,(H,16,20)(H,21,22). The Morgan fingerprint density at radius 2 is 1.96 bits per heavy atom. The summed E-state index contributed by atoms with van der Waals surface area (Å²) in [6.07, 6.45) is 0.861. The topological polar surface area (TPSA) is 106 Å². The molecule has 1 aromatic carbocycles. The highest BCUT2D eigenvalue weighted by atomic mass is 16.5. The van der Waals surface area contributed by atoms with E-state index in [0.717, 1.165) is 5.69 Å². The summed E-state index contributed by atoms with van der Waals surface area (Å²) in [6, 6.07) is 7.14. The molecule has 1 fully saturated rings. The zero-order valence-electron chi connectivity index (χ0n) is 12.7. The Hall–Kier alpha value is -2.90. The number of amides is 1. The molecular weight excluding hydrogens is 300 g/mol. The van der Waals surface area contributed by atoms with Crippen LogP contribution in [0, 0.1) is 6.92 Å². The summed E-state index contributed by atoms with van der Waals surface area (Å²) in [4.78, 5) is 23.4.